The summed E-state index contributed by atoms with van der Waals surface area (Å²) in [6.45, 7) is 4.35. The third-order valence-corrected chi connectivity index (χ3v) is 5.93. The van der Waals surface area contributed by atoms with Crippen LogP contribution in [0.5, 0.6) is 5.75 Å². The monoisotopic (exact) mass is 463 g/mol. The molecule has 2 aromatic carbocycles. The Morgan fingerprint density at radius 2 is 1.97 bits per heavy atom. The van der Waals surface area contributed by atoms with Crippen molar-refractivity contribution in [3.05, 3.63) is 78.2 Å². The summed E-state index contributed by atoms with van der Waals surface area (Å²) >= 11 is 1.49. The van der Waals surface area contributed by atoms with Gasteiger partial charge in [0.25, 0.3) is 0 Å². The van der Waals surface area contributed by atoms with Crippen LogP contribution in [0.15, 0.2) is 70.6 Å². The Labute approximate surface area is 196 Å². The van der Waals surface area contributed by atoms with Crippen LogP contribution in [0, 0.1) is 0 Å². The summed E-state index contributed by atoms with van der Waals surface area (Å²) in [5.41, 5.74) is 2.93. The Balaban J connectivity index is 1.35. The summed E-state index contributed by atoms with van der Waals surface area (Å²) in [7, 11) is 1.56. The van der Waals surface area contributed by atoms with Crippen molar-refractivity contribution >= 4 is 23.4 Å². The fraction of sp³-hybridized carbons (Fsp3) is 0.250. The lowest BCUT2D eigenvalue weighted by Gasteiger charge is -2.09. The zero-order valence-corrected chi connectivity index (χ0v) is 19.5. The Morgan fingerprint density at radius 3 is 2.73 bits per heavy atom. The van der Waals surface area contributed by atoms with Gasteiger partial charge in [-0.3, -0.25) is 9.36 Å². The fourth-order valence-electron chi connectivity index (χ4n) is 3.25. The molecule has 1 amide bonds. The Hall–Kier alpha value is -3.59. The molecule has 2 heterocycles. The minimum absolute atomic E-state index is 0.00302. The van der Waals surface area contributed by atoms with E-state index in [1.54, 1.807) is 25.4 Å². The van der Waals surface area contributed by atoms with Gasteiger partial charge >= 0.3 is 0 Å². The molecule has 0 saturated carbocycles. The van der Waals surface area contributed by atoms with Crippen LogP contribution in [0.4, 0.5) is 5.69 Å². The van der Waals surface area contributed by atoms with Crippen LogP contribution in [0.3, 0.4) is 0 Å². The molecule has 0 aliphatic heterocycles. The Morgan fingerprint density at radius 1 is 1.18 bits per heavy atom. The third kappa shape index (κ3) is 5.61. The number of benzene rings is 2. The minimum Gasteiger partial charge on any atom is -0.495 e. The molecule has 0 aliphatic rings. The van der Waals surface area contributed by atoms with Crippen molar-refractivity contribution in [2.45, 2.75) is 37.1 Å². The summed E-state index contributed by atoms with van der Waals surface area (Å²) in [6.07, 6.45) is 3.69. The molecule has 0 unspecified atom stereocenters. The van der Waals surface area contributed by atoms with Crippen LogP contribution >= 0.6 is 11.8 Å². The topological polar surface area (TPSA) is 95.1 Å². The molecule has 0 fully saturated rings. The van der Waals surface area contributed by atoms with Crippen molar-refractivity contribution in [2.24, 2.45) is 0 Å². The lowest BCUT2D eigenvalue weighted by Crippen LogP contribution is -2.15. The summed E-state index contributed by atoms with van der Waals surface area (Å²) in [6, 6.07) is 15.7. The van der Waals surface area contributed by atoms with Gasteiger partial charge in [-0.05, 0) is 35.7 Å². The number of nitrogens with one attached hydrogen (secondary N) is 1. The number of methoxy groups -OCH3 is 1. The second-order valence-corrected chi connectivity index (χ2v) is 8.59. The molecule has 0 atom stereocenters. The average molecular weight is 464 g/mol. The van der Waals surface area contributed by atoms with E-state index >= 15 is 0 Å². The molecule has 170 valence electrons. The number of anilines is 1. The van der Waals surface area contributed by atoms with E-state index in [9.17, 15) is 4.79 Å². The van der Waals surface area contributed by atoms with E-state index in [0.717, 1.165) is 10.8 Å². The molecule has 0 spiro atoms. The van der Waals surface area contributed by atoms with E-state index in [1.165, 1.54) is 17.3 Å². The lowest BCUT2D eigenvalue weighted by molar-refractivity contribution is -0.115. The largest absolute Gasteiger partial charge is 0.495 e. The number of carbonyl (C=O) groups excluding carboxylic acids is 1. The van der Waals surface area contributed by atoms with E-state index in [0.29, 0.717) is 34.8 Å². The predicted octanol–water partition coefficient (Wildman–Crippen LogP) is 4.86. The van der Waals surface area contributed by atoms with Crippen LogP contribution in [-0.4, -0.2) is 32.7 Å². The maximum atomic E-state index is 12.4. The Bertz CT molecular complexity index is 1220. The van der Waals surface area contributed by atoms with Crippen molar-refractivity contribution in [3.8, 4) is 11.4 Å². The highest BCUT2D eigenvalue weighted by Gasteiger charge is 2.14. The van der Waals surface area contributed by atoms with Gasteiger partial charge in [-0.25, -0.2) is 4.98 Å². The van der Waals surface area contributed by atoms with Crippen LogP contribution in [0.2, 0.25) is 0 Å². The first-order chi connectivity index (χ1) is 16.0. The number of thioether (sulfide) groups is 1. The first-order valence-corrected chi connectivity index (χ1v) is 11.5. The molecule has 0 saturated heterocycles. The van der Waals surface area contributed by atoms with Gasteiger partial charge in [-0.1, -0.05) is 55.0 Å². The number of hydrogen-bond acceptors (Lipinski definition) is 7. The van der Waals surface area contributed by atoms with Crippen LogP contribution in [0.25, 0.3) is 5.69 Å². The first kappa shape index (κ1) is 22.6. The summed E-state index contributed by atoms with van der Waals surface area (Å²) in [4.78, 5) is 21.1. The summed E-state index contributed by atoms with van der Waals surface area (Å²) < 4.78 is 12.6. The number of rotatable bonds is 9. The molecule has 4 aromatic rings. The highest BCUT2D eigenvalue weighted by Crippen LogP contribution is 2.25. The number of amides is 1. The fourth-order valence-corrected chi connectivity index (χ4v) is 4.06. The normalized spacial score (nSPS) is 11.0. The zero-order valence-electron chi connectivity index (χ0n) is 18.7. The molecule has 0 bridgehead atoms. The predicted molar refractivity (Wildman–Crippen MR) is 127 cm³/mol. The average Bonchev–Trinajstić information content (AvgIpc) is 3.47. The SMILES string of the molecule is COc1ccccc1NC(=O)Cc1noc(CSc2nccn2-c2ccc(C(C)C)cc2)n1. The highest BCUT2D eigenvalue weighted by atomic mass is 32.2. The number of aromatic nitrogens is 4. The standard InChI is InChI=1S/C24H25N5O3S/c1-16(2)17-8-10-18(11-9-17)29-13-12-25-24(29)33-15-23-27-21(28-32-23)14-22(30)26-19-6-4-5-7-20(19)31-3/h4-13,16H,14-15H2,1-3H3,(H,26,30). The number of carbonyl (C=O) groups is 1. The number of para-hydroxylation sites is 2. The summed E-state index contributed by atoms with van der Waals surface area (Å²) in [5, 5.41) is 7.55. The molecule has 1 N–H and O–H groups in total. The molecule has 33 heavy (non-hydrogen) atoms. The maximum Gasteiger partial charge on any atom is 0.237 e. The maximum absolute atomic E-state index is 12.4. The number of ether oxygens (including phenoxy) is 1. The van der Waals surface area contributed by atoms with Gasteiger partial charge in [0.1, 0.15) is 5.75 Å². The zero-order chi connectivity index (χ0) is 23.2. The van der Waals surface area contributed by atoms with E-state index < -0.39 is 0 Å². The van der Waals surface area contributed by atoms with Gasteiger partial charge < -0.3 is 14.6 Å². The van der Waals surface area contributed by atoms with Crippen LogP contribution < -0.4 is 10.1 Å². The Kier molecular flexibility index (Phi) is 7.09. The number of imidazole rings is 1. The minimum atomic E-state index is -0.250. The second-order valence-electron chi connectivity index (χ2n) is 7.64. The van der Waals surface area contributed by atoms with Crippen molar-refractivity contribution in [2.75, 3.05) is 12.4 Å². The third-order valence-electron chi connectivity index (χ3n) is 4.98. The molecular weight excluding hydrogens is 438 g/mol. The quantitative estimate of drug-likeness (QED) is 0.354. The number of nitrogens with zero attached hydrogens (tertiary/aromatic N) is 4. The summed E-state index contributed by atoms with van der Waals surface area (Å²) in [5.74, 6) is 2.03. The smallest absolute Gasteiger partial charge is 0.237 e. The number of hydrogen-bond donors (Lipinski definition) is 1. The van der Waals surface area contributed by atoms with Gasteiger partial charge in [0.15, 0.2) is 11.0 Å². The van der Waals surface area contributed by atoms with Crippen molar-refractivity contribution in [3.63, 3.8) is 0 Å². The van der Waals surface area contributed by atoms with Gasteiger partial charge in [0.05, 0.1) is 25.0 Å². The van der Waals surface area contributed by atoms with Crippen LogP contribution in [0.1, 0.15) is 37.0 Å². The van der Waals surface area contributed by atoms with E-state index in [1.807, 2.05) is 22.9 Å². The van der Waals surface area contributed by atoms with Gasteiger partial charge in [0.2, 0.25) is 11.8 Å². The molecule has 0 aliphatic carbocycles. The highest BCUT2D eigenvalue weighted by molar-refractivity contribution is 7.98. The van der Waals surface area contributed by atoms with Gasteiger partial charge in [-0.2, -0.15) is 4.98 Å². The van der Waals surface area contributed by atoms with Gasteiger partial charge in [-0.15, -0.1) is 0 Å². The van der Waals surface area contributed by atoms with Crippen molar-refractivity contribution < 1.29 is 14.1 Å². The lowest BCUT2D eigenvalue weighted by atomic mass is 10.0. The van der Waals surface area contributed by atoms with E-state index in [4.69, 9.17) is 9.26 Å². The molecular formula is C24H25N5O3S. The second kappa shape index (κ2) is 10.4. The molecule has 4 rings (SSSR count). The van der Waals surface area contributed by atoms with Crippen molar-refractivity contribution in [1.29, 1.82) is 0 Å². The molecule has 8 nitrogen and oxygen atoms in total. The van der Waals surface area contributed by atoms with E-state index in [-0.39, 0.29) is 12.3 Å². The van der Waals surface area contributed by atoms with E-state index in [2.05, 4.69) is 58.6 Å². The molecule has 2 aromatic heterocycles. The van der Waals surface area contributed by atoms with Crippen LogP contribution in [-0.2, 0) is 17.0 Å². The van der Waals surface area contributed by atoms with Crippen molar-refractivity contribution in [1.82, 2.24) is 19.7 Å². The first-order valence-electron chi connectivity index (χ1n) is 10.5. The molecule has 0 radical (unpaired) electrons. The van der Waals surface area contributed by atoms with Gasteiger partial charge in [0, 0.05) is 18.1 Å². The molecule has 9 heteroatoms.